The first-order chi connectivity index (χ1) is 9.73. The smallest absolute Gasteiger partial charge is 0.470 e. The van der Waals surface area contributed by atoms with Crippen molar-refractivity contribution in [2.75, 3.05) is 33.7 Å². The quantitative estimate of drug-likeness (QED) is 0.628. The Morgan fingerprint density at radius 3 is 1.91 bits per heavy atom. The van der Waals surface area contributed by atoms with Crippen molar-refractivity contribution in [2.24, 2.45) is 0 Å². The second-order valence-corrected chi connectivity index (χ2v) is 6.70. The molecule has 0 aromatic heterocycles. The lowest BCUT2D eigenvalue weighted by Gasteiger charge is -2.28. The van der Waals surface area contributed by atoms with E-state index in [1.165, 1.54) is 0 Å². The van der Waals surface area contributed by atoms with Gasteiger partial charge in [-0.25, -0.2) is 8.42 Å². The summed E-state index contributed by atoms with van der Waals surface area (Å²) in [5.41, 5.74) is 0. The van der Waals surface area contributed by atoms with Crippen LogP contribution in [0.5, 0.6) is 0 Å². The molecular weight excluding hydrogens is 339 g/mol. The molecule has 22 heavy (non-hydrogen) atoms. The van der Waals surface area contributed by atoms with E-state index >= 15 is 0 Å². The summed E-state index contributed by atoms with van der Waals surface area (Å²) in [5.74, 6) is -1.51. The molecule has 0 aliphatic rings. The van der Waals surface area contributed by atoms with Gasteiger partial charge in [0.15, 0.2) is 0 Å². The zero-order chi connectivity index (χ0) is 17.8. The lowest BCUT2D eigenvalue weighted by molar-refractivity contribution is -0.242. The molecule has 0 aliphatic carbocycles. The second kappa shape index (κ2) is 7.51. The summed E-state index contributed by atoms with van der Waals surface area (Å²) in [7, 11) is -2.86. The van der Waals surface area contributed by atoms with Gasteiger partial charge in [-0.1, -0.05) is 0 Å². The van der Waals surface area contributed by atoms with E-state index < -0.39 is 46.9 Å². The molecule has 0 rings (SSSR count). The summed E-state index contributed by atoms with van der Waals surface area (Å²) in [6.45, 7) is -1.37. The predicted octanol–water partition coefficient (Wildman–Crippen LogP) is 1.20. The van der Waals surface area contributed by atoms with Crippen molar-refractivity contribution in [3.05, 3.63) is 0 Å². The minimum absolute atomic E-state index is 0.0280. The van der Waals surface area contributed by atoms with Crippen molar-refractivity contribution in [1.82, 2.24) is 9.21 Å². The largest absolute Gasteiger partial charge is 0.481 e. The summed E-state index contributed by atoms with van der Waals surface area (Å²) >= 11 is 0. The Hall–Kier alpha value is -1.01. The molecule has 0 amide bonds. The maximum absolute atomic E-state index is 13.2. The average molecular weight is 356 g/mol. The van der Waals surface area contributed by atoms with Gasteiger partial charge in [-0.05, 0) is 27.1 Å². The fourth-order valence-electron chi connectivity index (χ4n) is 1.44. The highest BCUT2D eigenvalue weighted by molar-refractivity contribution is 7.90. The fraction of sp³-hybridized carbons (Fsp3) is 0.900. The number of sulfonamides is 1. The standard InChI is InChI=1S/C10H17F5N2O4S/c1-16(2)5-3-6-17(7-4-8(18)19)22(20,21)10(14,15)9(11,12)13/h3-7H2,1-2H3,(H,18,19). The molecule has 0 fully saturated rings. The van der Waals surface area contributed by atoms with Crippen molar-refractivity contribution >= 4 is 16.0 Å². The van der Waals surface area contributed by atoms with Crippen molar-refractivity contribution in [2.45, 2.75) is 24.3 Å². The van der Waals surface area contributed by atoms with E-state index in [-0.39, 0.29) is 17.3 Å². The number of aliphatic carboxylic acids is 1. The normalized spacial score (nSPS) is 13.9. The molecule has 6 nitrogen and oxygen atoms in total. The minimum Gasteiger partial charge on any atom is -0.481 e. The maximum atomic E-state index is 13.2. The average Bonchev–Trinajstić information content (AvgIpc) is 2.30. The SMILES string of the molecule is CN(C)CCCN(CCC(=O)O)S(=O)(=O)C(F)(F)C(F)(F)F. The van der Waals surface area contributed by atoms with E-state index in [0.29, 0.717) is 0 Å². The van der Waals surface area contributed by atoms with Gasteiger partial charge >= 0.3 is 17.4 Å². The zero-order valence-corrected chi connectivity index (χ0v) is 12.7. The zero-order valence-electron chi connectivity index (χ0n) is 11.9. The van der Waals surface area contributed by atoms with E-state index in [9.17, 15) is 35.2 Å². The molecule has 0 heterocycles. The molecule has 0 aromatic rings. The number of carboxylic acids is 1. The van der Waals surface area contributed by atoms with E-state index in [0.717, 1.165) is 0 Å². The molecule has 12 heteroatoms. The van der Waals surface area contributed by atoms with Gasteiger partial charge in [0, 0.05) is 13.1 Å². The van der Waals surface area contributed by atoms with Gasteiger partial charge in [0.25, 0.3) is 10.0 Å². The third-order valence-electron chi connectivity index (χ3n) is 2.58. The van der Waals surface area contributed by atoms with Crippen molar-refractivity contribution < 1.29 is 40.3 Å². The first kappa shape index (κ1) is 21.0. The number of halogens is 5. The van der Waals surface area contributed by atoms with Crippen LogP contribution in [0.2, 0.25) is 0 Å². The lowest BCUT2D eigenvalue weighted by atomic mass is 10.3. The summed E-state index contributed by atoms with van der Waals surface area (Å²) in [6, 6.07) is 0. The van der Waals surface area contributed by atoms with Crippen LogP contribution >= 0.6 is 0 Å². The molecular formula is C10H17F5N2O4S. The van der Waals surface area contributed by atoms with Crippen molar-refractivity contribution in [3.63, 3.8) is 0 Å². The maximum Gasteiger partial charge on any atom is 0.470 e. The number of rotatable bonds is 9. The second-order valence-electron chi connectivity index (χ2n) is 4.72. The van der Waals surface area contributed by atoms with Gasteiger partial charge in [0.05, 0.1) is 6.42 Å². The highest BCUT2D eigenvalue weighted by Gasteiger charge is 2.68. The Morgan fingerprint density at radius 1 is 1.05 bits per heavy atom. The van der Waals surface area contributed by atoms with Gasteiger partial charge < -0.3 is 10.0 Å². The van der Waals surface area contributed by atoms with Gasteiger partial charge in [-0.2, -0.15) is 26.3 Å². The molecule has 0 aromatic carbocycles. The van der Waals surface area contributed by atoms with E-state index in [1.54, 1.807) is 19.0 Å². The number of carbonyl (C=O) groups is 1. The number of nitrogens with zero attached hydrogens (tertiary/aromatic N) is 2. The van der Waals surface area contributed by atoms with Crippen LogP contribution in [-0.4, -0.2) is 73.9 Å². The Bertz CT molecular complexity index is 478. The summed E-state index contributed by atoms with van der Waals surface area (Å²) in [4.78, 5) is 12.0. The molecule has 0 atom stereocenters. The third-order valence-corrected chi connectivity index (χ3v) is 4.51. The molecule has 132 valence electrons. The van der Waals surface area contributed by atoms with E-state index in [1.807, 2.05) is 0 Å². The van der Waals surface area contributed by atoms with Gasteiger partial charge in [-0.15, -0.1) is 0 Å². The predicted molar refractivity (Wildman–Crippen MR) is 66.9 cm³/mol. The number of hydrogen-bond acceptors (Lipinski definition) is 4. The molecule has 0 unspecified atom stereocenters. The molecule has 0 saturated heterocycles. The monoisotopic (exact) mass is 356 g/mol. The Labute approximate surface area is 124 Å². The highest BCUT2D eigenvalue weighted by Crippen LogP contribution is 2.41. The first-order valence-corrected chi connectivity index (χ1v) is 7.48. The van der Waals surface area contributed by atoms with Crippen LogP contribution in [-0.2, 0) is 14.8 Å². The Balaban J connectivity index is 5.32. The molecule has 0 spiro atoms. The Kier molecular flexibility index (Phi) is 7.16. The molecule has 0 radical (unpaired) electrons. The van der Waals surface area contributed by atoms with Crippen LogP contribution in [0.25, 0.3) is 0 Å². The minimum atomic E-state index is -6.28. The number of hydrogen-bond donors (Lipinski definition) is 1. The lowest BCUT2D eigenvalue weighted by Crippen LogP contribution is -2.52. The van der Waals surface area contributed by atoms with Crippen molar-refractivity contribution in [3.8, 4) is 0 Å². The van der Waals surface area contributed by atoms with Crippen LogP contribution in [0.4, 0.5) is 22.0 Å². The molecule has 0 saturated carbocycles. The summed E-state index contributed by atoms with van der Waals surface area (Å²) in [6.07, 6.45) is -7.19. The van der Waals surface area contributed by atoms with Gasteiger partial charge in [0.1, 0.15) is 0 Å². The van der Waals surface area contributed by atoms with Crippen LogP contribution in [0.15, 0.2) is 0 Å². The van der Waals surface area contributed by atoms with E-state index in [2.05, 4.69) is 0 Å². The first-order valence-electron chi connectivity index (χ1n) is 6.04. The number of alkyl halides is 5. The van der Waals surface area contributed by atoms with Crippen LogP contribution in [0, 0.1) is 0 Å². The third kappa shape index (κ3) is 5.32. The highest BCUT2D eigenvalue weighted by atomic mass is 32.2. The fourth-order valence-corrected chi connectivity index (χ4v) is 2.76. The van der Waals surface area contributed by atoms with Gasteiger partial charge in [0.2, 0.25) is 0 Å². The number of carboxylic acid groups (broad SMARTS) is 1. The Morgan fingerprint density at radius 2 is 1.55 bits per heavy atom. The van der Waals surface area contributed by atoms with Crippen LogP contribution in [0.3, 0.4) is 0 Å². The van der Waals surface area contributed by atoms with Crippen molar-refractivity contribution in [1.29, 1.82) is 0 Å². The summed E-state index contributed by atoms with van der Waals surface area (Å²) < 4.78 is 86.0. The van der Waals surface area contributed by atoms with Gasteiger partial charge in [-0.3, -0.25) is 4.79 Å². The molecule has 0 aliphatic heterocycles. The molecule has 0 bridgehead atoms. The van der Waals surface area contributed by atoms with Crippen LogP contribution < -0.4 is 0 Å². The summed E-state index contributed by atoms with van der Waals surface area (Å²) in [5, 5.41) is 2.49. The molecule has 1 N–H and O–H groups in total. The van der Waals surface area contributed by atoms with Crippen LogP contribution in [0.1, 0.15) is 12.8 Å². The van der Waals surface area contributed by atoms with E-state index in [4.69, 9.17) is 5.11 Å². The topological polar surface area (TPSA) is 77.9 Å².